The zero-order valence-corrected chi connectivity index (χ0v) is 13.3. The van der Waals surface area contributed by atoms with E-state index in [1.807, 2.05) is 0 Å². The largest absolute Gasteiger partial charge is 0.378 e. The Hall–Kier alpha value is -0.120. The van der Waals surface area contributed by atoms with Crippen LogP contribution < -0.4 is 0 Å². The maximum Gasteiger partial charge on any atom is 0.160 e. The van der Waals surface area contributed by atoms with E-state index in [2.05, 4.69) is 13.8 Å². The molecule has 3 nitrogen and oxygen atoms in total. The van der Waals surface area contributed by atoms with Crippen molar-refractivity contribution in [1.29, 1.82) is 0 Å². The van der Waals surface area contributed by atoms with Crippen LogP contribution in [0, 0.1) is 11.8 Å². The quantitative estimate of drug-likeness (QED) is 0.657. The zero-order chi connectivity index (χ0) is 14.2. The lowest BCUT2D eigenvalue weighted by Gasteiger charge is -2.37. The third-order valence-corrected chi connectivity index (χ3v) is 4.64. The molecule has 1 aliphatic carbocycles. The second-order valence-corrected chi connectivity index (χ2v) is 6.45. The number of hydrogen-bond donors (Lipinski definition) is 0. The summed E-state index contributed by atoms with van der Waals surface area (Å²) in [5.74, 6) is 1.20. The van der Waals surface area contributed by atoms with Gasteiger partial charge in [0.05, 0.1) is 19.3 Å². The zero-order valence-electron chi connectivity index (χ0n) is 13.3. The van der Waals surface area contributed by atoms with Crippen LogP contribution in [0.15, 0.2) is 0 Å². The molecule has 0 atom stereocenters. The molecule has 0 N–H and O–H groups in total. The van der Waals surface area contributed by atoms with E-state index in [4.69, 9.17) is 14.2 Å². The maximum absolute atomic E-state index is 5.95. The summed E-state index contributed by atoms with van der Waals surface area (Å²) in [7, 11) is 0. The normalized spacial score (nSPS) is 35.1. The molecule has 0 bridgehead atoms. The average molecular weight is 284 g/mol. The van der Waals surface area contributed by atoms with Crippen molar-refractivity contribution in [2.75, 3.05) is 19.8 Å². The molecule has 0 aromatic carbocycles. The first kappa shape index (κ1) is 16.3. The van der Waals surface area contributed by atoms with E-state index in [0.29, 0.717) is 17.9 Å². The highest BCUT2D eigenvalue weighted by Gasteiger charge is 2.32. The Bertz CT molecular complexity index is 241. The van der Waals surface area contributed by atoms with Crippen LogP contribution in [0.2, 0.25) is 0 Å². The van der Waals surface area contributed by atoms with Crippen molar-refractivity contribution >= 4 is 0 Å². The SMILES string of the molecule is CCCCOC1CCC(C2OCC(CCC)CO2)CC1. The molecule has 2 aliphatic rings. The summed E-state index contributed by atoms with van der Waals surface area (Å²) in [6, 6.07) is 0. The molecule has 0 radical (unpaired) electrons. The fraction of sp³-hybridized carbons (Fsp3) is 1.00. The summed E-state index contributed by atoms with van der Waals surface area (Å²) in [6.45, 7) is 7.16. The van der Waals surface area contributed by atoms with Gasteiger partial charge in [-0.3, -0.25) is 0 Å². The van der Waals surface area contributed by atoms with E-state index in [-0.39, 0.29) is 6.29 Å². The van der Waals surface area contributed by atoms with Crippen molar-refractivity contribution in [3.8, 4) is 0 Å². The molecule has 0 aromatic heterocycles. The minimum Gasteiger partial charge on any atom is -0.378 e. The monoisotopic (exact) mass is 284 g/mol. The molecule has 0 unspecified atom stereocenters. The fourth-order valence-electron chi connectivity index (χ4n) is 3.33. The molecule has 1 saturated carbocycles. The van der Waals surface area contributed by atoms with Gasteiger partial charge in [0.1, 0.15) is 0 Å². The summed E-state index contributed by atoms with van der Waals surface area (Å²) in [5.41, 5.74) is 0. The van der Waals surface area contributed by atoms with Crippen LogP contribution in [0.5, 0.6) is 0 Å². The number of rotatable bonds is 7. The van der Waals surface area contributed by atoms with Gasteiger partial charge < -0.3 is 14.2 Å². The Morgan fingerprint density at radius 3 is 2.25 bits per heavy atom. The van der Waals surface area contributed by atoms with Crippen LogP contribution in [0.3, 0.4) is 0 Å². The van der Waals surface area contributed by atoms with E-state index in [9.17, 15) is 0 Å². The standard InChI is InChI=1S/C17H32O3/c1-3-5-11-18-16-9-7-15(8-10-16)17-19-12-14(6-4-2)13-20-17/h14-17H,3-13H2,1-2H3. The molecular formula is C17H32O3. The summed E-state index contributed by atoms with van der Waals surface area (Å²) < 4.78 is 17.8. The van der Waals surface area contributed by atoms with E-state index in [0.717, 1.165) is 19.8 Å². The predicted molar refractivity (Wildman–Crippen MR) is 80.7 cm³/mol. The summed E-state index contributed by atoms with van der Waals surface area (Å²) >= 11 is 0. The van der Waals surface area contributed by atoms with E-state index < -0.39 is 0 Å². The van der Waals surface area contributed by atoms with E-state index >= 15 is 0 Å². The topological polar surface area (TPSA) is 27.7 Å². The smallest absolute Gasteiger partial charge is 0.160 e. The summed E-state index contributed by atoms with van der Waals surface area (Å²) in [6.07, 6.45) is 10.1. The molecule has 118 valence electrons. The molecular weight excluding hydrogens is 252 g/mol. The van der Waals surface area contributed by atoms with Crippen LogP contribution in [0.25, 0.3) is 0 Å². The Morgan fingerprint density at radius 2 is 1.65 bits per heavy atom. The Kier molecular flexibility index (Phi) is 7.32. The van der Waals surface area contributed by atoms with Gasteiger partial charge in [0.15, 0.2) is 6.29 Å². The van der Waals surface area contributed by atoms with Gasteiger partial charge in [0.2, 0.25) is 0 Å². The third-order valence-electron chi connectivity index (χ3n) is 4.64. The van der Waals surface area contributed by atoms with Gasteiger partial charge in [-0.1, -0.05) is 26.7 Å². The van der Waals surface area contributed by atoms with Crippen molar-refractivity contribution in [2.24, 2.45) is 11.8 Å². The van der Waals surface area contributed by atoms with Gasteiger partial charge in [0.25, 0.3) is 0 Å². The highest BCUT2D eigenvalue weighted by atomic mass is 16.7. The minimum absolute atomic E-state index is 0.0553. The van der Waals surface area contributed by atoms with Crippen molar-refractivity contribution in [2.45, 2.75) is 77.6 Å². The Labute approximate surface area is 124 Å². The molecule has 0 aromatic rings. The highest BCUT2D eigenvalue weighted by molar-refractivity contribution is 4.77. The molecule has 3 heteroatoms. The van der Waals surface area contributed by atoms with Gasteiger partial charge in [0, 0.05) is 18.4 Å². The lowest BCUT2D eigenvalue weighted by molar-refractivity contribution is -0.231. The van der Waals surface area contributed by atoms with Crippen molar-refractivity contribution in [3.63, 3.8) is 0 Å². The second-order valence-electron chi connectivity index (χ2n) is 6.45. The second kappa shape index (κ2) is 9.01. The Morgan fingerprint density at radius 1 is 0.950 bits per heavy atom. The molecule has 1 aliphatic heterocycles. The van der Waals surface area contributed by atoms with E-state index in [1.165, 1.54) is 51.4 Å². The van der Waals surface area contributed by atoms with E-state index in [1.54, 1.807) is 0 Å². The van der Waals surface area contributed by atoms with Crippen molar-refractivity contribution in [3.05, 3.63) is 0 Å². The molecule has 2 rings (SSSR count). The average Bonchev–Trinajstić information content (AvgIpc) is 2.49. The lowest BCUT2D eigenvalue weighted by atomic mass is 9.86. The summed E-state index contributed by atoms with van der Waals surface area (Å²) in [4.78, 5) is 0. The molecule has 2 fully saturated rings. The highest BCUT2D eigenvalue weighted by Crippen LogP contribution is 2.32. The van der Waals surface area contributed by atoms with Crippen LogP contribution in [0.1, 0.15) is 65.2 Å². The van der Waals surface area contributed by atoms with Crippen LogP contribution in [0.4, 0.5) is 0 Å². The molecule has 1 heterocycles. The van der Waals surface area contributed by atoms with Gasteiger partial charge in [-0.25, -0.2) is 0 Å². The van der Waals surface area contributed by atoms with Crippen LogP contribution in [-0.4, -0.2) is 32.2 Å². The lowest BCUT2D eigenvalue weighted by Crippen LogP contribution is -2.39. The van der Waals surface area contributed by atoms with Crippen molar-refractivity contribution < 1.29 is 14.2 Å². The van der Waals surface area contributed by atoms with Crippen LogP contribution in [-0.2, 0) is 14.2 Å². The maximum atomic E-state index is 5.95. The van der Waals surface area contributed by atoms with Gasteiger partial charge in [-0.2, -0.15) is 0 Å². The van der Waals surface area contributed by atoms with Gasteiger partial charge in [-0.05, 0) is 38.5 Å². The molecule has 0 spiro atoms. The predicted octanol–water partition coefficient (Wildman–Crippen LogP) is 4.15. The molecule has 20 heavy (non-hydrogen) atoms. The first-order valence-electron chi connectivity index (χ1n) is 8.68. The molecule has 0 amide bonds. The minimum atomic E-state index is 0.0553. The van der Waals surface area contributed by atoms with Crippen molar-refractivity contribution in [1.82, 2.24) is 0 Å². The fourth-order valence-corrected chi connectivity index (χ4v) is 3.33. The Balaban J connectivity index is 1.62. The van der Waals surface area contributed by atoms with Gasteiger partial charge >= 0.3 is 0 Å². The first-order valence-corrected chi connectivity index (χ1v) is 8.68. The van der Waals surface area contributed by atoms with Crippen LogP contribution >= 0.6 is 0 Å². The summed E-state index contributed by atoms with van der Waals surface area (Å²) in [5, 5.41) is 0. The first-order chi connectivity index (χ1) is 9.83. The molecule has 1 saturated heterocycles. The van der Waals surface area contributed by atoms with Gasteiger partial charge in [-0.15, -0.1) is 0 Å². The number of hydrogen-bond acceptors (Lipinski definition) is 3. The third kappa shape index (κ3) is 5.01. The number of ether oxygens (including phenoxy) is 3. The number of unbranched alkanes of at least 4 members (excludes halogenated alkanes) is 1.